The van der Waals surface area contributed by atoms with Crippen LogP contribution in [-0.2, 0) is 6.61 Å². The summed E-state index contributed by atoms with van der Waals surface area (Å²) in [6.45, 7) is 2.20. The van der Waals surface area contributed by atoms with Gasteiger partial charge in [0.1, 0.15) is 0 Å². The molecule has 1 N–H and O–H groups in total. The molecule has 1 aromatic heterocycles. The van der Waals surface area contributed by atoms with Crippen molar-refractivity contribution in [3.63, 3.8) is 0 Å². The fourth-order valence-corrected chi connectivity index (χ4v) is 1.28. The highest BCUT2D eigenvalue weighted by molar-refractivity contribution is 7.10. The number of thiophene rings is 1. The zero-order chi connectivity index (χ0) is 5.98. The Hall–Kier alpha value is -0.340. The second-order valence-electron chi connectivity index (χ2n) is 1.72. The molecule has 44 valence electrons. The highest BCUT2D eigenvalue weighted by Gasteiger charge is 1.90. The van der Waals surface area contributed by atoms with Gasteiger partial charge in [0.15, 0.2) is 0 Å². The van der Waals surface area contributed by atoms with Crippen LogP contribution in [0.1, 0.15) is 10.4 Å². The van der Waals surface area contributed by atoms with Gasteiger partial charge >= 0.3 is 0 Å². The maximum atomic E-state index is 8.56. The predicted molar refractivity (Wildman–Crippen MR) is 35.0 cm³/mol. The average molecular weight is 128 g/mol. The summed E-state index contributed by atoms with van der Waals surface area (Å²) < 4.78 is 0. The zero-order valence-electron chi connectivity index (χ0n) is 4.72. The molecule has 0 atom stereocenters. The van der Waals surface area contributed by atoms with Crippen LogP contribution in [0, 0.1) is 6.92 Å². The molecule has 8 heavy (non-hydrogen) atoms. The van der Waals surface area contributed by atoms with Crippen molar-refractivity contribution >= 4 is 11.3 Å². The fourth-order valence-electron chi connectivity index (χ4n) is 0.581. The van der Waals surface area contributed by atoms with E-state index in [0.717, 1.165) is 5.56 Å². The number of aryl methyl sites for hydroxylation is 1. The third kappa shape index (κ3) is 1.08. The van der Waals surface area contributed by atoms with Crippen LogP contribution in [-0.4, -0.2) is 5.11 Å². The van der Waals surface area contributed by atoms with Crippen LogP contribution >= 0.6 is 11.3 Å². The molecule has 0 unspecified atom stereocenters. The fraction of sp³-hybridized carbons (Fsp3) is 0.333. The Morgan fingerprint density at radius 3 is 2.75 bits per heavy atom. The van der Waals surface area contributed by atoms with Crippen molar-refractivity contribution in [1.29, 1.82) is 0 Å². The molecule has 1 nitrogen and oxygen atoms in total. The minimum Gasteiger partial charge on any atom is -0.392 e. The lowest BCUT2D eigenvalue weighted by Gasteiger charge is -1.80. The molecule has 0 spiro atoms. The molecule has 1 heterocycles. The smallest absolute Gasteiger partial charge is 0.0690 e. The van der Waals surface area contributed by atoms with E-state index in [1.807, 2.05) is 18.4 Å². The highest BCUT2D eigenvalue weighted by atomic mass is 32.1. The van der Waals surface area contributed by atoms with Crippen LogP contribution in [0.2, 0.25) is 0 Å². The summed E-state index contributed by atoms with van der Waals surface area (Å²) in [5.41, 5.74) is 1.02. The molecule has 0 amide bonds. The number of rotatable bonds is 1. The molecule has 1 aromatic rings. The molecular formula is C6H8OS. The quantitative estimate of drug-likeness (QED) is 0.608. The third-order valence-corrected chi connectivity index (χ3v) is 1.88. The minimum atomic E-state index is 0.171. The van der Waals surface area contributed by atoms with Crippen molar-refractivity contribution < 1.29 is 5.11 Å². The molecule has 0 bridgehead atoms. The number of hydrogen-bond donors (Lipinski definition) is 1. The van der Waals surface area contributed by atoms with Crippen molar-refractivity contribution in [2.45, 2.75) is 13.5 Å². The SMILES string of the molecule is Cc1cc(CO)cs1. The van der Waals surface area contributed by atoms with Crippen molar-refractivity contribution in [3.05, 3.63) is 21.9 Å². The van der Waals surface area contributed by atoms with E-state index in [1.54, 1.807) is 11.3 Å². The molecule has 0 radical (unpaired) electrons. The van der Waals surface area contributed by atoms with Crippen LogP contribution in [0.3, 0.4) is 0 Å². The Bertz CT molecular complexity index is 169. The lowest BCUT2D eigenvalue weighted by atomic mass is 10.3. The first-order valence-electron chi connectivity index (χ1n) is 2.48. The van der Waals surface area contributed by atoms with E-state index >= 15 is 0 Å². The monoisotopic (exact) mass is 128 g/mol. The van der Waals surface area contributed by atoms with Gasteiger partial charge in [-0.25, -0.2) is 0 Å². The lowest BCUT2D eigenvalue weighted by Crippen LogP contribution is -1.73. The first kappa shape index (κ1) is 5.79. The van der Waals surface area contributed by atoms with Gasteiger partial charge in [0, 0.05) is 4.88 Å². The van der Waals surface area contributed by atoms with Gasteiger partial charge in [0.05, 0.1) is 6.61 Å². The van der Waals surface area contributed by atoms with Gasteiger partial charge in [-0.1, -0.05) is 0 Å². The Balaban J connectivity index is 2.84. The zero-order valence-corrected chi connectivity index (χ0v) is 5.53. The summed E-state index contributed by atoms with van der Waals surface area (Å²) in [7, 11) is 0. The lowest BCUT2D eigenvalue weighted by molar-refractivity contribution is 0.282. The average Bonchev–Trinajstić information content (AvgIpc) is 2.14. The molecule has 0 aliphatic carbocycles. The Morgan fingerprint density at radius 1 is 1.75 bits per heavy atom. The van der Waals surface area contributed by atoms with E-state index in [9.17, 15) is 0 Å². The number of hydrogen-bond acceptors (Lipinski definition) is 2. The molecule has 1 rings (SSSR count). The molecule has 0 saturated carbocycles. The van der Waals surface area contributed by atoms with Crippen molar-refractivity contribution in [2.75, 3.05) is 0 Å². The first-order valence-corrected chi connectivity index (χ1v) is 3.36. The van der Waals surface area contributed by atoms with Gasteiger partial charge in [-0.15, -0.1) is 11.3 Å². The molecule has 0 aliphatic heterocycles. The maximum absolute atomic E-state index is 8.56. The van der Waals surface area contributed by atoms with Crippen molar-refractivity contribution in [1.82, 2.24) is 0 Å². The van der Waals surface area contributed by atoms with E-state index in [1.165, 1.54) is 4.88 Å². The molecule has 2 heteroatoms. The van der Waals surface area contributed by atoms with E-state index in [-0.39, 0.29) is 6.61 Å². The summed E-state index contributed by atoms with van der Waals surface area (Å²) in [6, 6.07) is 1.99. The van der Waals surface area contributed by atoms with E-state index < -0.39 is 0 Å². The van der Waals surface area contributed by atoms with Crippen LogP contribution in [0.25, 0.3) is 0 Å². The summed E-state index contributed by atoms with van der Waals surface area (Å²) in [5, 5.41) is 10.5. The van der Waals surface area contributed by atoms with E-state index in [4.69, 9.17) is 5.11 Å². The van der Waals surface area contributed by atoms with Gasteiger partial charge in [-0.2, -0.15) is 0 Å². The van der Waals surface area contributed by atoms with Crippen molar-refractivity contribution in [2.24, 2.45) is 0 Å². The summed E-state index contributed by atoms with van der Waals surface area (Å²) in [4.78, 5) is 1.26. The largest absolute Gasteiger partial charge is 0.392 e. The van der Waals surface area contributed by atoms with Crippen LogP contribution in [0.4, 0.5) is 0 Å². The van der Waals surface area contributed by atoms with Crippen LogP contribution < -0.4 is 0 Å². The summed E-state index contributed by atoms with van der Waals surface area (Å²) in [5.74, 6) is 0. The van der Waals surface area contributed by atoms with E-state index in [2.05, 4.69) is 0 Å². The Labute approximate surface area is 52.6 Å². The molecule has 0 saturated heterocycles. The molecule has 0 aliphatic rings. The Morgan fingerprint density at radius 2 is 2.50 bits per heavy atom. The maximum Gasteiger partial charge on any atom is 0.0690 e. The standard InChI is InChI=1S/C6H8OS/c1-5-2-6(3-7)4-8-5/h2,4,7H,3H2,1H3. The predicted octanol–water partition coefficient (Wildman–Crippen LogP) is 1.55. The van der Waals surface area contributed by atoms with E-state index in [0.29, 0.717) is 0 Å². The highest BCUT2D eigenvalue weighted by Crippen LogP contribution is 2.11. The van der Waals surface area contributed by atoms with Crippen molar-refractivity contribution in [3.8, 4) is 0 Å². The molecule has 0 aromatic carbocycles. The van der Waals surface area contributed by atoms with Gasteiger partial charge in [0.25, 0.3) is 0 Å². The van der Waals surface area contributed by atoms with Gasteiger partial charge in [-0.3, -0.25) is 0 Å². The molecule has 0 fully saturated rings. The first-order chi connectivity index (χ1) is 3.83. The van der Waals surface area contributed by atoms with Gasteiger partial charge < -0.3 is 5.11 Å². The normalized spacial score (nSPS) is 9.75. The third-order valence-electron chi connectivity index (χ3n) is 0.967. The second-order valence-corrected chi connectivity index (χ2v) is 2.84. The van der Waals surface area contributed by atoms with Gasteiger partial charge in [0.2, 0.25) is 0 Å². The Kier molecular flexibility index (Phi) is 1.65. The van der Waals surface area contributed by atoms with Crippen LogP contribution in [0.5, 0.6) is 0 Å². The van der Waals surface area contributed by atoms with Crippen LogP contribution in [0.15, 0.2) is 11.4 Å². The molecular weight excluding hydrogens is 120 g/mol. The number of aliphatic hydroxyl groups is 1. The summed E-state index contributed by atoms with van der Waals surface area (Å²) >= 11 is 1.67. The van der Waals surface area contributed by atoms with Gasteiger partial charge in [-0.05, 0) is 23.9 Å². The topological polar surface area (TPSA) is 20.2 Å². The summed E-state index contributed by atoms with van der Waals surface area (Å²) in [6.07, 6.45) is 0. The minimum absolute atomic E-state index is 0.171. The number of aliphatic hydroxyl groups excluding tert-OH is 1. The second kappa shape index (κ2) is 2.29.